The molecular weight excluding hydrogens is 340 g/mol. The minimum absolute atomic E-state index is 0.0244. The Morgan fingerprint density at radius 2 is 1.81 bits per heavy atom. The van der Waals surface area contributed by atoms with Crippen LogP contribution in [-0.2, 0) is 4.79 Å². The molecule has 140 valence electrons. The number of anilines is 1. The average molecular weight is 364 g/mol. The fraction of sp³-hybridized carbons (Fsp3) is 0.364. The molecule has 2 fully saturated rings. The molecule has 0 aromatic heterocycles. The van der Waals surface area contributed by atoms with Crippen LogP contribution in [0.3, 0.4) is 0 Å². The number of carbonyl (C=O) groups is 2. The lowest BCUT2D eigenvalue weighted by Crippen LogP contribution is -2.34. The van der Waals surface area contributed by atoms with Crippen molar-refractivity contribution >= 4 is 17.5 Å². The number of nitrogens with zero attached hydrogens (tertiary/aromatic N) is 2. The molecule has 2 amide bonds. The lowest BCUT2D eigenvalue weighted by atomic mass is 9.86. The quantitative estimate of drug-likeness (QED) is 0.840. The van der Waals surface area contributed by atoms with Gasteiger partial charge in [0, 0.05) is 42.7 Å². The van der Waals surface area contributed by atoms with Crippen molar-refractivity contribution < 1.29 is 14.3 Å². The van der Waals surface area contributed by atoms with E-state index < -0.39 is 0 Å². The van der Waals surface area contributed by atoms with Gasteiger partial charge in [0.2, 0.25) is 5.91 Å². The van der Waals surface area contributed by atoms with Crippen molar-refractivity contribution in [2.24, 2.45) is 5.41 Å². The van der Waals surface area contributed by atoms with E-state index in [0.717, 1.165) is 23.4 Å². The van der Waals surface area contributed by atoms with Crippen molar-refractivity contribution in [1.29, 1.82) is 0 Å². The van der Waals surface area contributed by atoms with Gasteiger partial charge in [-0.15, -0.1) is 0 Å². The topological polar surface area (TPSA) is 49.9 Å². The van der Waals surface area contributed by atoms with Crippen molar-refractivity contribution in [3.8, 4) is 5.75 Å². The van der Waals surface area contributed by atoms with Crippen LogP contribution in [0.1, 0.15) is 28.8 Å². The summed E-state index contributed by atoms with van der Waals surface area (Å²) in [7, 11) is 1.61. The highest BCUT2D eigenvalue weighted by Gasteiger charge is 2.49. The molecule has 2 saturated heterocycles. The van der Waals surface area contributed by atoms with Crippen LogP contribution in [0.4, 0.5) is 5.69 Å². The number of rotatable bonds is 3. The van der Waals surface area contributed by atoms with Crippen molar-refractivity contribution in [2.45, 2.75) is 19.8 Å². The third-order valence-electron chi connectivity index (χ3n) is 5.79. The Morgan fingerprint density at radius 1 is 1.07 bits per heavy atom. The number of methoxy groups -OCH3 is 1. The number of benzene rings is 2. The van der Waals surface area contributed by atoms with Gasteiger partial charge < -0.3 is 14.5 Å². The van der Waals surface area contributed by atoms with Crippen molar-refractivity contribution in [3.05, 3.63) is 59.7 Å². The molecule has 5 nitrogen and oxygen atoms in total. The Balaban J connectivity index is 1.49. The van der Waals surface area contributed by atoms with Gasteiger partial charge in [0.25, 0.3) is 5.91 Å². The molecule has 0 bridgehead atoms. The van der Waals surface area contributed by atoms with E-state index in [4.69, 9.17) is 4.74 Å². The average Bonchev–Trinajstić information content (AvgIpc) is 3.24. The second kappa shape index (κ2) is 6.72. The molecule has 2 aliphatic heterocycles. The van der Waals surface area contributed by atoms with Crippen LogP contribution in [0, 0.1) is 12.3 Å². The fourth-order valence-electron chi connectivity index (χ4n) is 4.28. The lowest BCUT2D eigenvalue weighted by Gasteiger charge is -2.25. The van der Waals surface area contributed by atoms with E-state index in [0.29, 0.717) is 31.6 Å². The summed E-state index contributed by atoms with van der Waals surface area (Å²) in [6.45, 7) is 4.04. The van der Waals surface area contributed by atoms with Crippen molar-refractivity contribution in [2.75, 3.05) is 31.6 Å². The Morgan fingerprint density at radius 3 is 2.52 bits per heavy atom. The molecule has 0 saturated carbocycles. The van der Waals surface area contributed by atoms with Gasteiger partial charge in [-0.3, -0.25) is 9.59 Å². The molecule has 1 spiro atoms. The van der Waals surface area contributed by atoms with Crippen LogP contribution >= 0.6 is 0 Å². The first-order chi connectivity index (χ1) is 13.0. The van der Waals surface area contributed by atoms with Crippen LogP contribution in [-0.4, -0.2) is 43.5 Å². The second-order valence-electron chi connectivity index (χ2n) is 7.65. The normalized spacial score (nSPS) is 21.9. The zero-order valence-electron chi connectivity index (χ0n) is 15.8. The first-order valence-corrected chi connectivity index (χ1v) is 9.31. The molecular formula is C22H24N2O3. The maximum absolute atomic E-state index is 12.9. The molecule has 0 aliphatic carbocycles. The van der Waals surface area contributed by atoms with E-state index in [-0.39, 0.29) is 17.2 Å². The largest absolute Gasteiger partial charge is 0.497 e. The SMILES string of the molecule is COc1ccc(C(=O)N2CC[C@]3(CC(=O)N(c4ccccc4C)C3)C2)cc1. The van der Waals surface area contributed by atoms with Crippen molar-refractivity contribution in [1.82, 2.24) is 4.90 Å². The van der Waals surface area contributed by atoms with E-state index in [1.165, 1.54) is 0 Å². The van der Waals surface area contributed by atoms with E-state index in [1.807, 2.05) is 41.0 Å². The summed E-state index contributed by atoms with van der Waals surface area (Å²) in [4.78, 5) is 29.4. The summed E-state index contributed by atoms with van der Waals surface area (Å²) in [6.07, 6.45) is 1.37. The predicted octanol–water partition coefficient (Wildman–Crippen LogP) is 3.27. The monoisotopic (exact) mass is 364 g/mol. The van der Waals surface area contributed by atoms with Gasteiger partial charge in [0.1, 0.15) is 5.75 Å². The first kappa shape index (κ1) is 17.6. The number of ether oxygens (including phenoxy) is 1. The van der Waals surface area contributed by atoms with Crippen molar-refractivity contribution in [3.63, 3.8) is 0 Å². The molecule has 1 atom stereocenters. The highest BCUT2D eigenvalue weighted by Crippen LogP contribution is 2.42. The van der Waals surface area contributed by atoms with Gasteiger partial charge in [0.15, 0.2) is 0 Å². The minimum Gasteiger partial charge on any atom is -0.497 e. The maximum Gasteiger partial charge on any atom is 0.253 e. The third-order valence-corrected chi connectivity index (χ3v) is 5.79. The van der Waals surface area contributed by atoms with Crippen LogP contribution in [0.25, 0.3) is 0 Å². The number of likely N-dealkylation sites (tertiary alicyclic amines) is 1. The van der Waals surface area contributed by atoms with Crippen LogP contribution in [0.5, 0.6) is 5.75 Å². The summed E-state index contributed by atoms with van der Waals surface area (Å²) in [5, 5.41) is 0. The van der Waals surface area contributed by atoms with E-state index in [2.05, 4.69) is 0 Å². The van der Waals surface area contributed by atoms with Gasteiger partial charge in [-0.2, -0.15) is 0 Å². The highest BCUT2D eigenvalue weighted by atomic mass is 16.5. The molecule has 2 aromatic rings. The van der Waals surface area contributed by atoms with Crippen LogP contribution < -0.4 is 9.64 Å². The summed E-state index contributed by atoms with van der Waals surface area (Å²) >= 11 is 0. The fourth-order valence-corrected chi connectivity index (χ4v) is 4.28. The molecule has 27 heavy (non-hydrogen) atoms. The number of para-hydroxylation sites is 1. The highest BCUT2D eigenvalue weighted by molar-refractivity contribution is 5.98. The molecule has 2 heterocycles. The first-order valence-electron chi connectivity index (χ1n) is 9.31. The Kier molecular flexibility index (Phi) is 4.38. The molecule has 4 rings (SSSR count). The number of hydrogen-bond acceptors (Lipinski definition) is 3. The number of amides is 2. The molecule has 5 heteroatoms. The summed E-state index contributed by atoms with van der Waals surface area (Å²) in [6, 6.07) is 15.2. The van der Waals surface area contributed by atoms with Gasteiger partial charge in [-0.25, -0.2) is 0 Å². The molecule has 0 unspecified atom stereocenters. The van der Waals surface area contributed by atoms with E-state index in [1.54, 1.807) is 31.4 Å². The van der Waals surface area contributed by atoms with Gasteiger partial charge in [0.05, 0.1) is 7.11 Å². The molecule has 0 radical (unpaired) electrons. The van der Waals surface area contributed by atoms with Crippen LogP contribution in [0.2, 0.25) is 0 Å². The van der Waals surface area contributed by atoms with Gasteiger partial charge >= 0.3 is 0 Å². The van der Waals surface area contributed by atoms with E-state index >= 15 is 0 Å². The number of aryl methyl sites for hydroxylation is 1. The third kappa shape index (κ3) is 3.18. The summed E-state index contributed by atoms with van der Waals surface area (Å²) < 4.78 is 5.16. The maximum atomic E-state index is 12.9. The van der Waals surface area contributed by atoms with E-state index in [9.17, 15) is 9.59 Å². The Labute approximate surface area is 159 Å². The summed E-state index contributed by atoms with van der Waals surface area (Å²) in [5.41, 5.74) is 2.61. The standard InChI is InChI=1S/C22H24N2O3/c1-16-5-3-4-6-19(16)24-15-22(13-20(24)25)11-12-23(14-22)21(26)17-7-9-18(27-2)10-8-17/h3-10H,11-15H2,1-2H3/t22-/m0/s1. The molecule has 0 N–H and O–H groups in total. The molecule has 2 aromatic carbocycles. The molecule has 2 aliphatic rings. The van der Waals surface area contributed by atoms with Crippen LogP contribution in [0.15, 0.2) is 48.5 Å². The zero-order valence-corrected chi connectivity index (χ0v) is 15.8. The minimum atomic E-state index is -0.137. The Bertz CT molecular complexity index is 877. The van der Waals surface area contributed by atoms with Gasteiger partial charge in [-0.05, 0) is 49.2 Å². The zero-order chi connectivity index (χ0) is 19.0. The second-order valence-corrected chi connectivity index (χ2v) is 7.65. The summed E-state index contributed by atoms with van der Waals surface area (Å²) in [5.74, 6) is 0.916. The Hall–Kier alpha value is -2.82. The number of carbonyl (C=O) groups excluding carboxylic acids is 2. The van der Waals surface area contributed by atoms with Gasteiger partial charge in [-0.1, -0.05) is 18.2 Å². The smallest absolute Gasteiger partial charge is 0.253 e. The predicted molar refractivity (Wildman–Crippen MR) is 104 cm³/mol. The number of hydrogen-bond donors (Lipinski definition) is 0. The lowest BCUT2D eigenvalue weighted by molar-refractivity contribution is -0.117.